The predicted octanol–water partition coefficient (Wildman–Crippen LogP) is 2.69. The van der Waals surface area contributed by atoms with Crippen molar-refractivity contribution in [2.45, 2.75) is 39.0 Å². The molecule has 0 aromatic carbocycles. The van der Waals surface area contributed by atoms with Gasteiger partial charge in [0.2, 0.25) is 0 Å². The number of methoxy groups -OCH3 is 1. The SMILES string of the molecule is COC(=O)/C=C(\C)C1CCCCC1. The molecule has 0 atom stereocenters. The van der Waals surface area contributed by atoms with E-state index in [1.807, 2.05) is 6.92 Å². The molecule has 0 aliphatic heterocycles. The number of esters is 1. The lowest BCUT2D eigenvalue weighted by atomic mass is 9.84. The summed E-state index contributed by atoms with van der Waals surface area (Å²) < 4.78 is 4.60. The molecule has 0 bridgehead atoms. The van der Waals surface area contributed by atoms with Crippen LogP contribution >= 0.6 is 0 Å². The topological polar surface area (TPSA) is 26.3 Å². The molecule has 1 aliphatic carbocycles. The van der Waals surface area contributed by atoms with Crippen molar-refractivity contribution < 1.29 is 9.53 Å². The van der Waals surface area contributed by atoms with Crippen LogP contribution in [0.25, 0.3) is 0 Å². The van der Waals surface area contributed by atoms with E-state index in [0.29, 0.717) is 5.92 Å². The molecular weight excluding hydrogens is 164 g/mol. The minimum absolute atomic E-state index is 0.219. The van der Waals surface area contributed by atoms with E-state index in [2.05, 4.69) is 4.74 Å². The zero-order chi connectivity index (χ0) is 9.68. The lowest BCUT2D eigenvalue weighted by Gasteiger charge is -2.21. The van der Waals surface area contributed by atoms with Crippen LogP contribution in [0.2, 0.25) is 0 Å². The fraction of sp³-hybridized carbons (Fsp3) is 0.727. The van der Waals surface area contributed by atoms with Crippen LogP contribution in [0.15, 0.2) is 11.6 Å². The number of allylic oxidation sites excluding steroid dienone is 1. The standard InChI is InChI=1S/C11H18O2/c1-9(8-11(12)13-2)10-6-4-3-5-7-10/h8,10H,3-7H2,1-2H3/b9-8+. The van der Waals surface area contributed by atoms with Gasteiger partial charge >= 0.3 is 5.97 Å². The normalized spacial score (nSPS) is 20.0. The van der Waals surface area contributed by atoms with Crippen LogP contribution in [0.4, 0.5) is 0 Å². The van der Waals surface area contributed by atoms with E-state index >= 15 is 0 Å². The summed E-state index contributed by atoms with van der Waals surface area (Å²) in [5.41, 5.74) is 1.19. The molecule has 0 spiro atoms. The fourth-order valence-electron chi connectivity index (χ4n) is 1.92. The second kappa shape index (κ2) is 5.05. The first-order valence-corrected chi connectivity index (χ1v) is 5.00. The Labute approximate surface area is 80.0 Å². The molecule has 0 radical (unpaired) electrons. The van der Waals surface area contributed by atoms with Gasteiger partial charge in [-0.1, -0.05) is 24.8 Å². The smallest absolute Gasteiger partial charge is 0.330 e. The van der Waals surface area contributed by atoms with Crippen LogP contribution in [-0.2, 0) is 9.53 Å². The predicted molar refractivity (Wildman–Crippen MR) is 52.3 cm³/mol. The molecule has 0 aromatic heterocycles. The highest BCUT2D eigenvalue weighted by Crippen LogP contribution is 2.29. The molecule has 0 heterocycles. The van der Waals surface area contributed by atoms with Gasteiger partial charge in [0, 0.05) is 6.08 Å². The summed E-state index contributed by atoms with van der Waals surface area (Å²) >= 11 is 0. The third-order valence-electron chi connectivity index (χ3n) is 2.80. The van der Waals surface area contributed by atoms with E-state index in [1.54, 1.807) is 6.08 Å². The Hall–Kier alpha value is -0.790. The molecule has 2 heteroatoms. The average molecular weight is 182 g/mol. The molecule has 13 heavy (non-hydrogen) atoms. The number of carbonyl (C=O) groups is 1. The Kier molecular flexibility index (Phi) is 4.00. The monoisotopic (exact) mass is 182 g/mol. The van der Waals surface area contributed by atoms with Crippen molar-refractivity contribution >= 4 is 5.97 Å². The Bertz CT molecular complexity index is 200. The molecule has 0 aromatic rings. The van der Waals surface area contributed by atoms with Gasteiger partial charge in [-0.25, -0.2) is 4.79 Å². The minimum Gasteiger partial charge on any atom is -0.466 e. The summed E-state index contributed by atoms with van der Waals surface area (Å²) in [5, 5.41) is 0. The molecule has 2 nitrogen and oxygen atoms in total. The van der Waals surface area contributed by atoms with Gasteiger partial charge in [-0.05, 0) is 25.7 Å². The van der Waals surface area contributed by atoms with Crippen LogP contribution in [0.3, 0.4) is 0 Å². The zero-order valence-corrected chi connectivity index (χ0v) is 8.51. The first-order valence-electron chi connectivity index (χ1n) is 5.00. The van der Waals surface area contributed by atoms with Crippen molar-refractivity contribution in [3.63, 3.8) is 0 Å². The van der Waals surface area contributed by atoms with Crippen LogP contribution < -0.4 is 0 Å². The third kappa shape index (κ3) is 3.21. The van der Waals surface area contributed by atoms with Crippen molar-refractivity contribution in [2.75, 3.05) is 7.11 Å². The van der Waals surface area contributed by atoms with E-state index in [-0.39, 0.29) is 5.97 Å². The fourth-order valence-corrected chi connectivity index (χ4v) is 1.92. The molecule has 0 saturated heterocycles. The Morgan fingerprint density at radius 1 is 1.31 bits per heavy atom. The highest BCUT2D eigenvalue weighted by molar-refractivity contribution is 5.82. The van der Waals surface area contributed by atoms with Crippen LogP contribution in [0.5, 0.6) is 0 Å². The van der Waals surface area contributed by atoms with E-state index < -0.39 is 0 Å². The maximum atomic E-state index is 11.0. The Morgan fingerprint density at radius 2 is 1.92 bits per heavy atom. The van der Waals surface area contributed by atoms with Gasteiger partial charge in [0.05, 0.1) is 7.11 Å². The third-order valence-corrected chi connectivity index (χ3v) is 2.80. The first kappa shape index (κ1) is 10.3. The lowest BCUT2D eigenvalue weighted by molar-refractivity contribution is -0.134. The van der Waals surface area contributed by atoms with Gasteiger partial charge in [-0.2, -0.15) is 0 Å². The molecule has 1 fully saturated rings. The van der Waals surface area contributed by atoms with E-state index in [9.17, 15) is 4.79 Å². The van der Waals surface area contributed by atoms with Crippen molar-refractivity contribution in [1.29, 1.82) is 0 Å². The van der Waals surface area contributed by atoms with E-state index in [0.717, 1.165) is 0 Å². The second-order valence-corrected chi connectivity index (χ2v) is 3.75. The van der Waals surface area contributed by atoms with Gasteiger partial charge in [0.1, 0.15) is 0 Å². The number of rotatable bonds is 2. The highest BCUT2D eigenvalue weighted by atomic mass is 16.5. The molecule has 1 aliphatic rings. The maximum absolute atomic E-state index is 11.0. The van der Waals surface area contributed by atoms with E-state index in [1.165, 1.54) is 44.8 Å². The molecule has 0 amide bonds. The first-order chi connectivity index (χ1) is 6.24. The van der Waals surface area contributed by atoms with Gasteiger partial charge in [0.15, 0.2) is 0 Å². The lowest BCUT2D eigenvalue weighted by Crippen LogP contribution is -2.09. The second-order valence-electron chi connectivity index (χ2n) is 3.75. The summed E-state index contributed by atoms with van der Waals surface area (Å²) in [6.07, 6.45) is 8.06. The number of carbonyl (C=O) groups excluding carboxylic acids is 1. The van der Waals surface area contributed by atoms with Crippen LogP contribution in [-0.4, -0.2) is 13.1 Å². The van der Waals surface area contributed by atoms with Gasteiger partial charge < -0.3 is 4.74 Å². The molecule has 1 saturated carbocycles. The van der Waals surface area contributed by atoms with Crippen molar-refractivity contribution in [2.24, 2.45) is 5.92 Å². The number of ether oxygens (including phenoxy) is 1. The van der Waals surface area contributed by atoms with Crippen molar-refractivity contribution in [3.8, 4) is 0 Å². The molecule has 0 N–H and O–H groups in total. The van der Waals surface area contributed by atoms with Crippen molar-refractivity contribution in [3.05, 3.63) is 11.6 Å². The maximum Gasteiger partial charge on any atom is 0.330 e. The molecule has 1 rings (SSSR count). The van der Waals surface area contributed by atoms with Crippen LogP contribution in [0, 0.1) is 5.92 Å². The molecular formula is C11H18O2. The number of hydrogen-bond donors (Lipinski definition) is 0. The summed E-state index contributed by atoms with van der Waals surface area (Å²) in [6.45, 7) is 2.03. The average Bonchev–Trinajstić information content (AvgIpc) is 2.19. The summed E-state index contributed by atoms with van der Waals surface area (Å²) in [4.78, 5) is 11.0. The Morgan fingerprint density at radius 3 is 2.46 bits per heavy atom. The van der Waals surface area contributed by atoms with Crippen molar-refractivity contribution in [1.82, 2.24) is 0 Å². The largest absolute Gasteiger partial charge is 0.466 e. The summed E-state index contributed by atoms with van der Waals surface area (Å²) in [5.74, 6) is 0.399. The highest BCUT2D eigenvalue weighted by Gasteiger charge is 2.15. The summed E-state index contributed by atoms with van der Waals surface area (Å²) in [6, 6.07) is 0. The minimum atomic E-state index is -0.219. The van der Waals surface area contributed by atoms with Gasteiger partial charge in [-0.3, -0.25) is 0 Å². The quantitative estimate of drug-likeness (QED) is 0.485. The summed E-state index contributed by atoms with van der Waals surface area (Å²) in [7, 11) is 1.42. The number of hydrogen-bond acceptors (Lipinski definition) is 2. The Balaban J connectivity index is 2.49. The molecule has 74 valence electrons. The van der Waals surface area contributed by atoms with Crippen LogP contribution in [0.1, 0.15) is 39.0 Å². The molecule has 0 unspecified atom stereocenters. The van der Waals surface area contributed by atoms with E-state index in [4.69, 9.17) is 0 Å². The van der Waals surface area contributed by atoms with Gasteiger partial charge in [0.25, 0.3) is 0 Å². The van der Waals surface area contributed by atoms with Gasteiger partial charge in [-0.15, -0.1) is 0 Å². The zero-order valence-electron chi connectivity index (χ0n) is 8.51.